The SMILES string of the molecule is COc1cc(F)c(S(=O)(=O)NCC(C)CO)cc1OC. The lowest BCUT2D eigenvalue weighted by atomic mass is 10.2. The highest BCUT2D eigenvalue weighted by atomic mass is 32.2. The fraction of sp³-hybridized carbons (Fsp3) is 0.500. The molecule has 1 aromatic rings. The number of aliphatic hydroxyl groups excluding tert-OH is 1. The summed E-state index contributed by atoms with van der Waals surface area (Å²) in [6.07, 6.45) is 0. The van der Waals surface area contributed by atoms with Gasteiger partial charge in [0.15, 0.2) is 11.5 Å². The van der Waals surface area contributed by atoms with Gasteiger partial charge in [-0.25, -0.2) is 17.5 Å². The smallest absolute Gasteiger partial charge is 0.243 e. The summed E-state index contributed by atoms with van der Waals surface area (Å²) >= 11 is 0. The van der Waals surface area contributed by atoms with Crippen molar-refractivity contribution in [2.45, 2.75) is 11.8 Å². The zero-order valence-electron chi connectivity index (χ0n) is 11.5. The number of hydrogen-bond donors (Lipinski definition) is 2. The average Bonchev–Trinajstić information content (AvgIpc) is 2.44. The monoisotopic (exact) mass is 307 g/mol. The first-order valence-electron chi connectivity index (χ1n) is 5.87. The number of hydrogen-bond acceptors (Lipinski definition) is 5. The first-order chi connectivity index (χ1) is 9.35. The van der Waals surface area contributed by atoms with Crippen LogP contribution in [0.1, 0.15) is 6.92 Å². The molecule has 1 unspecified atom stereocenters. The summed E-state index contributed by atoms with van der Waals surface area (Å²) in [4.78, 5) is -0.528. The van der Waals surface area contributed by atoms with Crippen molar-refractivity contribution in [3.63, 3.8) is 0 Å². The minimum absolute atomic E-state index is 0.00657. The molecule has 0 aliphatic rings. The number of sulfonamides is 1. The lowest BCUT2D eigenvalue weighted by Gasteiger charge is -2.13. The van der Waals surface area contributed by atoms with E-state index in [4.69, 9.17) is 14.6 Å². The fourth-order valence-corrected chi connectivity index (χ4v) is 2.67. The Labute approximate surface area is 117 Å². The Kier molecular flexibility index (Phi) is 5.73. The maximum atomic E-state index is 13.9. The number of halogens is 1. The van der Waals surface area contributed by atoms with Crippen molar-refractivity contribution in [3.8, 4) is 11.5 Å². The number of methoxy groups -OCH3 is 2. The van der Waals surface area contributed by atoms with Crippen LogP contribution in [-0.4, -0.2) is 40.9 Å². The Morgan fingerprint density at radius 3 is 2.35 bits per heavy atom. The quantitative estimate of drug-likeness (QED) is 0.776. The van der Waals surface area contributed by atoms with Crippen LogP contribution in [0.2, 0.25) is 0 Å². The van der Waals surface area contributed by atoms with E-state index in [0.29, 0.717) is 0 Å². The number of aliphatic hydroxyl groups is 1. The van der Waals surface area contributed by atoms with Gasteiger partial charge in [0.25, 0.3) is 0 Å². The van der Waals surface area contributed by atoms with E-state index in [9.17, 15) is 12.8 Å². The van der Waals surface area contributed by atoms with Gasteiger partial charge in [-0.05, 0) is 5.92 Å². The zero-order valence-corrected chi connectivity index (χ0v) is 12.3. The van der Waals surface area contributed by atoms with E-state index in [1.54, 1.807) is 6.92 Å². The number of nitrogens with one attached hydrogen (secondary N) is 1. The summed E-state index contributed by atoms with van der Waals surface area (Å²) in [5.41, 5.74) is 0. The van der Waals surface area contributed by atoms with Crippen LogP contribution in [0.4, 0.5) is 4.39 Å². The van der Waals surface area contributed by atoms with Crippen molar-refractivity contribution in [2.75, 3.05) is 27.4 Å². The van der Waals surface area contributed by atoms with Gasteiger partial charge in [-0.1, -0.05) is 6.92 Å². The van der Waals surface area contributed by atoms with Crippen LogP contribution in [0, 0.1) is 11.7 Å². The fourth-order valence-electron chi connectivity index (χ4n) is 1.44. The second kappa shape index (κ2) is 6.87. The Balaban J connectivity index is 3.12. The van der Waals surface area contributed by atoms with Gasteiger partial charge in [0.05, 0.1) is 14.2 Å². The number of benzene rings is 1. The molecule has 0 saturated heterocycles. The van der Waals surface area contributed by atoms with Crippen LogP contribution in [0.15, 0.2) is 17.0 Å². The van der Waals surface area contributed by atoms with E-state index in [0.717, 1.165) is 12.1 Å². The van der Waals surface area contributed by atoms with Crippen LogP contribution in [-0.2, 0) is 10.0 Å². The molecule has 20 heavy (non-hydrogen) atoms. The van der Waals surface area contributed by atoms with Crippen LogP contribution >= 0.6 is 0 Å². The Morgan fingerprint density at radius 2 is 1.85 bits per heavy atom. The molecule has 2 N–H and O–H groups in total. The molecule has 0 spiro atoms. The molecule has 1 atom stereocenters. The molecule has 0 radical (unpaired) electrons. The highest BCUT2D eigenvalue weighted by Gasteiger charge is 2.22. The van der Waals surface area contributed by atoms with Crippen molar-refractivity contribution >= 4 is 10.0 Å². The summed E-state index contributed by atoms with van der Waals surface area (Å²) in [5.74, 6) is -0.989. The topological polar surface area (TPSA) is 84.9 Å². The Hall–Kier alpha value is -1.38. The number of ether oxygens (including phenoxy) is 2. The predicted molar refractivity (Wildman–Crippen MR) is 70.9 cm³/mol. The van der Waals surface area contributed by atoms with Crippen molar-refractivity contribution in [2.24, 2.45) is 5.92 Å². The third-order valence-corrected chi connectivity index (χ3v) is 4.10. The molecule has 114 valence electrons. The van der Waals surface area contributed by atoms with Gasteiger partial charge >= 0.3 is 0 Å². The molecule has 6 nitrogen and oxygen atoms in total. The molecule has 0 aromatic heterocycles. The summed E-state index contributed by atoms with van der Waals surface area (Å²) in [6, 6.07) is 2.00. The maximum absolute atomic E-state index is 13.9. The predicted octanol–water partition coefficient (Wildman–Crippen LogP) is 0.750. The molecule has 0 amide bonds. The minimum atomic E-state index is -4.03. The summed E-state index contributed by atoms with van der Waals surface area (Å²) in [6.45, 7) is 1.50. The van der Waals surface area contributed by atoms with Crippen molar-refractivity contribution in [1.29, 1.82) is 0 Å². The lowest BCUT2D eigenvalue weighted by Crippen LogP contribution is -2.30. The first kappa shape index (κ1) is 16.7. The first-order valence-corrected chi connectivity index (χ1v) is 7.36. The van der Waals surface area contributed by atoms with E-state index in [1.807, 2.05) is 0 Å². The summed E-state index contributed by atoms with van der Waals surface area (Å²) in [5, 5.41) is 8.86. The van der Waals surface area contributed by atoms with E-state index in [-0.39, 0.29) is 30.6 Å². The zero-order chi connectivity index (χ0) is 15.3. The van der Waals surface area contributed by atoms with Crippen LogP contribution in [0.3, 0.4) is 0 Å². The Morgan fingerprint density at radius 1 is 1.30 bits per heavy atom. The van der Waals surface area contributed by atoms with Gasteiger partial charge in [0.1, 0.15) is 10.7 Å². The van der Waals surface area contributed by atoms with Crippen LogP contribution < -0.4 is 14.2 Å². The van der Waals surface area contributed by atoms with Crippen LogP contribution in [0.25, 0.3) is 0 Å². The van der Waals surface area contributed by atoms with Crippen LogP contribution in [0.5, 0.6) is 11.5 Å². The molecule has 8 heteroatoms. The second-order valence-corrected chi connectivity index (χ2v) is 6.01. The molecular formula is C12H18FNO5S. The van der Waals surface area contributed by atoms with E-state index < -0.39 is 20.7 Å². The standard InChI is InChI=1S/C12H18FNO5S/c1-8(7-15)6-14-20(16,17)12-5-11(19-3)10(18-2)4-9(12)13/h4-5,8,14-15H,6-7H2,1-3H3. The molecule has 1 rings (SSSR count). The normalized spacial score (nSPS) is 13.1. The average molecular weight is 307 g/mol. The van der Waals surface area contributed by atoms with E-state index >= 15 is 0 Å². The van der Waals surface area contributed by atoms with Crippen molar-refractivity contribution in [1.82, 2.24) is 4.72 Å². The largest absolute Gasteiger partial charge is 0.493 e. The Bertz CT molecular complexity index is 561. The summed E-state index contributed by atoms with van der Waals surface area (Å²) < 4.78 is 49.9. The summed E-state index contributed by atoms with van der Waals surface area (Å²) in [7, 11) is -1.37. The maximum Gasteiger partial charge on any atom is 0.243 e. The van der Waals surface area contributed by atoms with Gasteiger partial charge in [-0.2, -0.15) is 0 Å². The molecule has 0 bridgehead atoms. The molecular weight excluding hydrogens is 289 g/mol. The van der Waals surface area contributed by atoms with Crippen molar-refractivity contribution < 1.29 is 27.4 Å². The molecule has 1 aromatic carbocycles. The van der Waals surface area contributed by atoms with Gasteiger partial charge in [-0.3, -0.25) is 0 Å². The molecule has 0 heterocycles. The highest BCUT2D eigenvalue weighted by molar-refractivity contribution is 7.89. The van der Waals surface area contributed by atoms with E-state index in [2.05, 4.69) is 4.72 Å². The van der Waals surface area contributed by atoms with Gasteiger partial charge in [-0.15, -0.1) is 0 Å². The van der Waals surface area contributed by atoms with Gasteiger partial charge in [0, 0.05) is 25.3 Å². The minimum Gasteiger partial charge on any atom is -0.493 e. The molecule has 0 aliphatic heterocycles. The highest BCUT2D eigenvalue weighted by Crippen LogP contribution is 2.31. The van der Waals surface area contributed by atoms with Gasteiger partial charge in [0.2, 0.25) is 10.0 Å². The van der Waals surface area contributed by atoms with Crippen molar-refractivity contribution in [3.05, 3.63) is 17.9 Å². The number of rotatable bonds is 7. The third kappa shape index (κ3) is 3.81. The molecule has 0 aliphatic carbocycles. The van der Waals surface area contributed by atoms with E-state index in [1.165, 1.54) is 14.2 Å². The molecule has 0 saturated carbocycles. The molecule has 0 fully saturated rings. The lowest BCUT2D eigenvalue weighted by molar-refractivity contribution is 0.238. The second-order valence-electron chi connectivity index (χ2n) is 4.28. The van der Waals surface area contributed by atoms with Gasteiger partial charge < -0.3 is 14.6 Å². The third-order valence-electron chi connectivity index (χ3n) is 2.66.